The smallest absolute Gasteiger partial charge is 0.264 e. The minimum Gasteiger partial charge on any atom is -0.326 e. The van der Waals surface area contributed by atoms with Gasteiger partial charge < -0.3 is 5.73 Å². The number of benzene rings is 1. The largest absolute Gasteiger partial charge is 0.326 e. The third-order valence-electron chi connectivity index (χ3n) is 2.50. The first-order valence-electron chi connectivity index (χ1n) is 5.55. The summed E-state index contributed by atoms with van der Waals surface area (Å²) in [5.41, 5.74) is 5.62. The van der Waals surface area contributed by atoms with Crippen molar-refractivity contribution in [3.8, 4) is 0 Å². The number of halogens is 2. The second-order valence-electron chi connectivity index (χ2n) is 3.93. The highest BCUT2D eigenvalue weighted by Gasteiger charge is 2.22. The van der Waals surface area contributed by atoms with E-state index >= 15 is 0 Å². The van der Waals surface area contributed by atoms with E-state index in [4.69, 9.17) is 17.3 Å². The number of nitrogens with zero attached hydrogens (tertiary/aromatic N) is 1. The zero-order valence-corrected chi connectivity index (χ0v) is 11.7. The molecule has 0 aliphatic heterocycles. The Bertz CT molecular complexity index is 723. The zero-order valence-electron chi connectivity index (χ0n) is 10.2. The van der Waals surface area contributed by atoms with E-state index in [1.807, 2.05) is 0 Å². The number of aromatic nitrogens is 1. The first-order chi connectivity index (χ1) is 9.44. The third kappa shape index (κ3) is 3.06. The molecule has 0 saturated heterocycles. The van der Waals surface area contributed by atoms with Gasteiger partial charge in [0.2, 0.25) is 0 Å². The molecule has 0 atom stereocenters. The van der Waals surface area contributed by atoms with Gasteiger partial charge >= 0.3 is 0 Å². The monoisotopic (exact) mass is 315 g/mol. The molecule has 5 nitrogen and oxygen atoms in total. The van der Waals surface area contributed by atoms with Gasteiger partial charge in [0.15, 0.2) is 0 Å². The predicted molar refractivity (Wildman–Crippen MR) is 74.3 cm³/mol. The van der Waals surface area contributed by atoms with E-state index in [0.29, 0.717) is 0 Å². The van der Waals surface area contributed by atoms with Crippen LogP contribution in [-0.4, -0.2) is 13.4 Å². The fourth-order valence-electron chi connectivity index (χ4n) is 1.60. The molecular formula is C12H11ClFN3O2S. The van der Waals surface area contributed by atoms with Crippen molar-refractivity contribution in [3.05, 3.63) is 53.1 Å². The lowest BCUT2D eigenvalue weighted by molar-refractivity contribution is 0.561. The fourth-order valence-corrected chi connectivity index (χ4v) is 3.09. The first-order valence-corrected chi connectivity index (χ1v) is 7.41. The number of pyridine rings is 1. The van der Waals surface area contributed by atoms with Crippen LogP contribution in [0.1, 0.15) is 5.56 Å². The molecule has 8 heteroatoms. The van der Waals surface area contributed by atoms with Crippen molar-refractivity contribution in [2.24, 2.45) is 5.73 Å². The lowest BCUT2D eigenvalue weighted by atomic mass is 10.2. The number of sulfonamides is 1. The van der Waals surface area contributed by atoms with E-state index < -0.39 is 20.7 Å². The molecule has 0 saturated carbocycles. The van der Waals surface area contributed by atoms with E-state index in [9.17, 15) is 12.8 Å². The highest BCUT2D eigenvalue weighted by molar-refractivity contribution is 7.92. The van der Waals surface area contributed by atoms with Gasteiger partial charge in [0.25, 0.3) is 10.0 Å². The number of rotatable bonds is 4. The molecule has 0 unspecified atom stereocenters. The summed E-state index contributed by atoms with van der Waals surface area (Å²) >= 11 is 5.78. The predicted octanol–water partition coefficient (Wildman–Crippen LogP) is 2.13. The van der Waals surface area contributed by atoms with E-state index in [0.717, 1.165) is 6.07 Å². The van der Waals surface area contributed by atoms with Crippen LogP contribution < -0.4 is 10.5 Å². The summed E-state index contributed by atoms with van der Waals surface area (Å²) in [6.07, 6.45) is 2.80. The zero-order chi connectivity index (χ0) is 14.8. The van der Waals surface area contributed by atoms with Crippen molar-refractivity contribution in [1.82, 2.24) is 4.98 Å². The van der Waals surface area contributed by atoms with Crippen LogP contribution in [0.3, 0.4) is 0 Å². The molecule has 0 amide bonds. The van der Waals surface area contributed by atoms with Gasteiger partial charge in [-0.05, 0) is 24.3 Å². The van der Waals surface area contributed by atoms with E-state index in [1.54, 1.807) is 6.07 Å². The number of hydrogen-bond donors (Lipinski definition) is 2. The molecule has 1 heterocycles. The Morgan fingerprint density at radius 2 is 2.15 bits per heavy atom. The van der Waals surface area contributed by atoms with Crippen molar-refractivity contribution in [2.45, 2.75) is 11.4 Å². The Balaban J connectivity index is 2.47. The summed E-state index contributed by atoms with van der Waals surface area (Å²) in [5.74, 6) is -0.909. The summed E-state index contributed by atoms with van der Waals surface area (Å²) < 4.78 is 40.6. The molecule has 0 aliphatic carbocycles. The maximum absolute atomic E-state index is 14.1. The molecule has 2 aromatic rings. The molecule has 1 aromatic heterocycles. The van der Waals surface area contributed by atoms with E-state index in [-0.39, 0.29) is 22.8 Å². The average Bonchev–Trinajstić information content (AvgIpc) is 2.41. The van der Waals surface area contributed by atoms with Crippen molar-refractivity contribution < 1.29 is 12.8 Å². The van der Waals surface area contributed by atoms with Gasteiger partial charge in [0.1, 0.15) is 10.7 Å². The van der Waals surface area contributed by atoms with Crippen molar-refractivity contribution in [2.75, 3.05) is 4.72 Å². The van der Waals surface area contributed by atoms with Gasteiger partial charge in [-0.15, -0.1) is 0 Å². The molecule has 0 fully saturated rings. The molecule has 2 rings (SSSR count). The normalized spacial score (nSPS) is 11.3. The molecule has 0 bridgehead atoms. The minimum absolute atomic E-state index is 0.0315. The number of nitrogens with one attached hydrogen (secondary N) is 1. The van der Waals surface area contributed by atoms with Crippen LogP contribution in [0, 0.1) is 5.82 Å². The number of anilines is 1. The van der Waals surface area contributed by atoms with Crippen LogP contribution in [0.2, 0.25) is 5.02 Å². The quantitative estimate of drug-likeness (QED) is 0.905. The minimum atomic E-state index is -4.10. The summed E-state index contributed by atoms with van der Waals surface area (Å²) in [5, 5.41) is 0.0958. The molecule has 0 spiro atoms. The average molecular weight is 316 g/mol. The Morgan fingerprint density at radius 3 is 2.75 bits per heavy atom. The van der Waals surface area contributed by atoms with Crippen LogP contribution in [0.4, 0.5) is 10.1 Å². The Morgan fingerprint density at radius 1 is 1.40 bits per heavy atom. The van der Waals surface area contributed by atoms with E-state index in [1.165, 1.54) is 24.5 Å². The maximum Gasteiger partial charge on any atom is 0.264 e. The summed E-state index contributed by atoms with van der Waals surface area (Å²) in [6.45, 7) is -0.151. The Hall–Kier alpha value is -1.70. The summed E-state index contributed by atoms with van der Waals surface area (Å²) in [7, 11) is -4.10. The standard InChI is InChI=1S/C12H11ClFN3O2S/c13-9-4-8(6-15)12(14)11(5-9)20(18,19)17-10-2-1-3-16-7-10/h1-5,7,17H,6,15H2. The van der Waals surface area contributed by atoms with Crippen LogP contribution in [0.25, 0.3) is 0 Å². The Labute approximate surface area is 120 Å². The molecule has 0 aliphatic rings. The van der Waals surface area contributed by atoms with Crippen LogP contribution in [0.15, 0.2) is 41.6 Å². The molecule has 3 N–H and O–H groups in total. The van der Waals surface area contributed by atoms with Crippen molar-refractivity contribution in [3.63, 3.8) is 0 Å². The molecule has 20 heavy (non-hydrogen) atoms. The van der Waals surface area contributed by atoms with Crippen LogP contribution in [-0.2, 0) is 16.6 Å². The fraction of sp³-hybridized carbons (Fsp3) is 0.0833. The lowest BCUT2D eigenvalue weighted by Gasteiger charge is -2.11. The second-order valence-corrected chi connectivity index (χ2v) is 6.02. The van der Waals surface area contributed by atoms with E-state index in [2.05, 4.69) is 9.71 Å². The van der Waals surface area contributed by atoms with Gasteiger partial charge in [0.05, 0.1) is 11.9 Å². The van der Waals surface area contributed by atoms with Crippen LogP contribution >= 0.6 is 11.6 Å². The van der Waals surface area contributed by atoms with Gasteiger partial charge in [-0.3, -0.25) is 9.71 Å². The van der Waals surface area contributed by atoms with Gasteiger partial charge in [0, 0.05) is 23.3 Å². The molecule has 0 radical (unpaired) electrons. The number of hydrogen-bond acceptors (Lipinski definition) is 4. The maximum atomic E-state index is 14.1. The second kappa shape index (κ2) is 5.74. The highest BCUT2D eigenvalue weighted by atomic mass is 35.5. The number of nitrogens with two attached hydrogens (primary N) is 1. The van der Waals surface area contributed by atoms with Crippen LogP contribution in [0.5, 0.6) is 0 Å². The van der Waals surface area contributed by atoms with Gasteiger partial charge in [-0.25, -0.2) is 12.8 Å². The highest BCUT2D eigenvalue weighted by Crippen LogP contribution is 2.25. The lowest BCUT2D eigenvalue weighted by Crippen LogP contribution is -2.16. The van der Waals surface area contributed by atoms with Gasteiger partial charge in [-0.1, -0.05) is 11.6 Å². The van der Waals surface area contributed by atoms with Crippen molar-refractivity contribution >= 4 is 27.3 Å². The molecule has 1 aromatic carbocycles. The SMILES string of the molecule is NCc1cc(Cl)cc(S(=O)(=O)Nc2cccnc2)c1F. The van der Waals surface area contributed by atoms with Gasteiger partial charge in [-0.2, -0.15) is 0 Å². The topological polar surface area (TPSA) is 85.1 Å². The summed E-state index contributed by atoms with van der Waals surface area (Å²) in [6, 6.07) is 5.38. The first kappa shape index (κ1) is 14.7. The molecular weight excluding hydrogens is 305 g/mol. The van der Waals surface area contributed by atoms with Crippen molar-refractivity contribution in [1.29, 1.82) is 0 Å². The molecule has 106 valence electrons. The third-order valence-corrected chi connectivity index (χ3v) is 4.10. The Kier molecular flexibility index (Phi) is 4.22. The summed E-state index contributed by atoms with van der Waals surface area (Å²) in [4.78, 5) is 3.22.